The maximum Gasteiger partial charge on any atom is 0.206 e. The Kier molecular flexibility index (Phi) is 7.52. The molecule has 0 spiro atoms. The Balaban J connectivity index is 1.29. The van der Waals surface area contributed by atoms with Crippen molar-refractivity contribution in [3.8, 4) is 34.9 Å². The summed E-state index contributed by atoms with van der Waals surface area (Å²) in [6, 6.07) is 13.5. The highest BCUT2D eigenvalue weighted by atomic mass is 16.3. The Bertz CT molecular complexity index is 1390. The lowest BCUT2D eigenvalue weighted by Crippen LogP contribution is -2.35. The molecule has 0 radical (unpaired) electrons. The summed E-state index contributed by atoms with van der Waals surface area (Å²) in [5, 5.41) is 27.8. The molecular weight excluding hydrogens is 478 g/mol. The summed E-state index contributed by atoms with van der Waals surface area (Å²) in [7, 11) is 0. The number of aromatic nitrogens is 4. The number of para-hydroxylation sites is 1. The normalized spacial score (nSPS) is 19.9. The van der Waals surface area contributed by atoms with E-state index in [1.807, 2.05) is 24.3 Å². The molecule has 3 aromatic rings. The van der Waals surface area contributed by atoms with Crippen LogP contribution in [0.5, 0.6) is 5.75 Å². The van der Waals surface area contributed by atoms with Crippen LogP contribution in [0.3, 0.4) is 0 Å². The third-order valence-electron chi connectivity index (χ3n) is 7.17. The molecule has 5 rings (SSSR count). The zero-order chi connectivity index (χ0) is 26.5. The minimum atomic E-state index is 0.107. The van der Waals surface area contributed by atoms with E-state index in [9.17, 15) is 5.11 Å². The number of phenolic OH excluding ortho intramolecular Hbond substituents is 1. The summed E-state index contributed by atoms with van der Waals surface area (Å²) in [5.74, 6) is 8.24. The number of anilines is 3. The van der Waals surface area contributed by atoms with Gasteiger partial charge in [0, 0.05) is 50.5 Å². The van der Waals surface area contributed by atoms with Gasteiger partial charge in [-0.05, 0) is 50.0 Å². The second kappa shape index (κ2) is 11.3. The molecule has 2 aliphatic heterocycles. The molecule has 0 unspecified atom stereocenters. The number of nitrogen functional groups attached to an aromatic ring is 1. The third-order valence-corrected chi connectivity index (χ3v) is 7.17. The number of nitrogens with two attached hydrogens (primary N) is 1. The van der Waals surface area contributed by atoms with Crippen molar-refractivity contribution < 1.29 is 5.11 Å². The Hall–Kier alpha value is -4.41. The van der Waals surface area contributed by atoms with Crippen LogP contribution in [0.1, 0.15) is 25.6 Å². The van der Waals surface area contributed by atoms with Crippen molar-refractivity contribution in [1.29, 1.82) is 5.26 Å². The van der Waals surface area contributed by atoms with Crippen LogP contribution in [0.25, 0.3) is 11.3 Å². The molecule has 0 bridgehead atoms. The molecule has 0 amide bonds. The quantitative estimate of drug-likeness (QED) is 0.506. The molecule has 38 heavy (non-hydrogen) atoms. The zero-order valence-corrected chi connectivity index (χ0v) is 21.5. The first-order valence-electron chi connectivity index (χ1n) is 12.9. The average molecular weight is 510 g/mol. The maximum atomic E-state index is 10.3. The van der Waals surface area contributed by atoms with Gasteiger partial charge in [0.15, 0.2) is 5.82 Å². The van der Waals surface area contributed by atoms with E-state index in [-0.39, 0.29) is 17.7 Å². The van der Waals surface area contributed by atoms with Crippen molar-refractivity contribution >= 4 is 17.3 Å². The van der Waals surface area contributed by atoms with E-state index in [1.54, 1.807) is 18.3 Å². The van der Waals surface area contributed by atoms with E-state index in [1.165, 1.54) is 0 Å². The van der Waals surface area contributed by atoms with E-state index in [0.29, 0.717) is 29.4 Å². The molecule has 2 atom stereocenters. The molecule has 0 saturated carbocycles. The van der Waals surface area contributed by atoms with Crippen LogP contribution in [0.15, 0.2) is 42.6 Å². The standard InChI is InChI=1S/C28H31N9O/c1-20-9-14-36(24-17-23(33-34-28(24)30)22-5-2-3-6-25(22)38)15-16-37(20)27-8-11-31-26(32-27)7-4-12-35-13-10-21(18-29)19-35/h2-3,5-6,8,11,17,20-21,38H,9-10,12-16,19H2,1H3,(H2,30,34)/t20-,21-/m0/s1. The predicted molar refractivity (Wildman–Crippen MR) is 146 cm³/mol. The molecule has 10 heteroatoms. The van der Waals surface area contributed by atoms with E-state index in [0.717, 1.165) is 57.1 Å². The zero-order valence-electron chi connectivity index (χ0n) is 21.5. The molecule has 2 fully saturated rings. The Morgan fingerprint density at radius 2 is 1.97 bits per heavy atom. The third kappa shape index (κ3) is 5.61. The Morgan fingerprint density at radius 3 is 2.79 bits per heavy atom. The molecule has 3 N–H and O–H groups in total. The van der Waals surface area contributed by atoms with Crippen molar-refractivity contribution in [2.75, 3.05) is 54.8 Å². The van der Waals surface area contributed by atoms with E-state index < -0.39 is 0 Å². The fourth-order valence-corrected chi connectivity index (χ4v) is 4.99. The molecule has 1 aromatic carbocycles. The lowest BCUT2D eigenvalue weighted by molar-refractivity contribution is 0.375. The second-order valence-corrected chi connectivity index (χ2v) is 9.73. The van der Waals surface area contributed by atoms with Crippen molar-refractivity contribution in [1.82, 2.24) is 25.1 Å². The number of nitriles is 1. The number of phenols is 1. The molecule has 2 saturated heterocycles. The van der Waals surface area contributed by atoms with Gasteiger partial charge >= 0.3 is 0 Å². The number of aromatic hydroxyl groups is 1. The summed E-state index contributed by atoms with van der Waals surface area (Å²) >= 11 is 0. The number of benzene rings is 1. The van der Waals surface area contributed by atoms with Crippen LogP contribution >= 0.6 is 0 Å². The van der Waals surface area contributed by atoms with Gasteiger partial charge in [-0.3, -0.25) is 4.90 Å². The van der Waals surface area contributed by atoms with Crippen LogP contribution in [0.2, 0.25) is 0 Å². The predicted octanol–water partition coefficient (Wildman–Crippen LogP) is 2.52. The van der Waals surface area contributed by atoms with Gasteiger partial charge in [-0.15, -0.1) is 10.2 Å². The van der Waals surface area contributed by atoms with Crippen molar-refractivity contribution in [2.45, 2.75) is 25.8 Å². The van der Waals surface area contributed by atoms with Crippen LogP contribution < -0.4 is 15.5 Å². The summed E-state index contributed by atoms with van der Waals surface area (Å²) in [6.07, 6.45) is 3.56. The number of rotatable bonds is 4. The molecule has 2 aromatic heterocycles. The van der Waals surface area contributed by atoms with Gasteiger partial charge < -0.3 is 20.6 Å². The highest BCUT2D eigenvalue weighted by Crippen LogP contribution is 2.32. The van der Waals surface area contributed by atoms with Gasteiger partial charge in [-0.1, -0.05) is 18.1 Å². The molecule has 2 aliphatic rings. The molecular formula is C28H31N9O. The minimum absolute atomic E-state index is 0.107. The Labute approximate surface area is 222 Å². The average Bonchev–Trinajstić information content (AvgIpc) is 3.31. The topological polar surface area (TPSA) is 131 Å². The van der Waals surface area contributed by atoms with E-state index >= 15 is 0 Å². The van der Waals surface area contributed by atoms with Gasteiger partial charge in [0.05, 0.1) is 29.9 Å². The number of hydrogen-bond acceptors (Lipinski definition) is 10. The summed E-state index contributed by atoms with van der Waals surface area (Å²) in [5.41, 5.74) is 8.26. The molecule has 10 nitrogen and oxygen atoms in total. The van der Waals surface area contributed by atoms with Gasteiger partial charge in [0.25, 0.3) is 0 Å². The van der Waals surface area contributed by atoms with E-state index in [4.69, 9.17) is 16.0 Å². The summed E-state index contributed by atoms with van der Waals surface area (Å²) in [6.45, 7) is 6.75. The molecule has 194 valence electrons. The highest BCUT2D eigenvalue weighted by molar-refractivity contribution is 5.74. The number of likely N-dealkylation sites (tertiary alicyclic amines) is 1. The van der Waals surface area contributed by atoms with Gasteiger partial charge in [0.1, 0.15) is 11.6 Å². The van der Waals surface area contributed by atoms with Gasteiger partial charge in [-0.25, -0.2) is 9.97 Å². The first-order chi connectivity index (χ1) is 18.5. The maximum absolute atomic E-state index is 10.3. The van der Waals surface area contributed by atoms with Crippen LogP contribution in [0.4, 0.5) is 17.3 Å². The van der Waals surface area contributed by atoms with Crippen LogP contribution in [0, 0.1) is 29.1 Å². The summed E-state index contributed by atoms with van der Waals surface area (Å²) in [4.78, 5) is 15.8. The highest BCUT2D eigenvalue weighted by Gasteiger charge is 2.25. The summed E-state index contributed by atoms with van der Waals surface area (Å²) < 4.78 is 0. The van der Waals surface area contributed by atoms with Gasteiger partial charge in [-0.2, -0.15) is 5.26 Å². The van der Waals surface area contributed by atoms with E-state index in [2.05, 4.69) is 54.7 Å². The molecule has 0 aliphatic carbocycles. The van der Waals surface area contributed by atoms with Gasteiger partial charge in [0.2, 0.25) is 5.82 Å². The first-order valence-corrected chi connectivity index (χ1v) is 12.9. The van der Waals surface area contributed by atoms with Crippen molar-refractivity contribution in [3.63, 3.8) is 0 Å². The lowest BCUT2D eigenvalue weighted by atomic mass is 10.1. The number of nitrogens with zero attached hydrogens (tertiary/aromatic N) is 8. The van der Waals surface area contributed by atoms with Crippen LogP contribution in [-0.4, -0.2) is 75.5 Å². The largest absolute Gasteiger partial charge is 0.507 e. The lowest BCUT2D eigenvalue weighted by Gasteiger charge is -2.28. The SMILES string of the molecule is C[C@H]1CCN(c2cc(-c3ccccc3O)nnc2N)CCN1c1ccnc(C#CCN2CC[C@@H](C#N)C2)n1. The van der Waals surface area contributed by atoms with Crippen molar-refractivity contribution in [2.24, 2.45) is 5.92 Å². The van der Waals surface area contributed by atoms with Crippen molar-refractivity contribution in [3.05, 3.63) is 48.4 Å². The first kappa shape index (κ1) is 25.2. The minimum Gasteiger partial charge on any atom is -0.507 e. The number of hydrogen-bond donors (Lipinski definition) is 2. The second-order valence-electron chi connectivity index (χ2n) is 9.73. The monoisotopic (exact) mass is 509 g/mol. The molecule has 4 heterocycles. The Morgan fingerprint density at radius 1 is 1.11 bits per heavy atom. The smallest absolute Gasteiger partial charge is 0.206 e. The fraction of sp³-hybridized carbons (Fsp3) is 0.393. The van der Waals surface area contributed by atoms with Crippen LogP contribution in [-0.2, 0) is 0 Å². The fourth-order valence-electron chi connectivity index (χ4n) is 4.99.